The first kappa shape index (κ1) is 12.7. The molecule has 5 nitrogen and oxygen atoms in total. The van der Waals surface area contributed by atoms with Crippen molar-refractivity contribution in [3.05, 3.63) is 29.8 Å². The van der Waals surface area contributed by atoms with Gasteiger partial charge >= 0.3 is 5.97 Å². The number of benzene rings is 1. The first-order chi connectivity index (χ1) is 7.36. The van der Waals surface area contributed by atoms with Gasteiger partial charge in [0.15, 0.2) is 0 Å². The number of rotatable bonds is 4. The van der Waals surface area contributed by atoms with E-state index in [9.17, 15) is 13.2 Å². The van der Waals surface area contributed by atoms with Crippen molar-refractivity contribution in [2.24, 2.45) is 0 Å². The molecule has 0 saturated heterocycles. The van der Waals surface area contributed by atoms with Gasteiger partial charge in [-0.2, -0.15) is 8.42 Å². The van der Waals surface area contributed by atoms with E-state index in [1.807, 2.05) is 0 Å². The molecule has 2 N–H and O–H groups in total. The molecule has 1 rings (SSSR count). The Labute approximate surface area is 93.5 Å². The lowest BCUT2D eigenvalue weighted by molar-refractivity contribution is -0.138. The molecule has 88 valence electrons. The van der Waals surface area contributed by atoms with E-state index in [1.165, 1.54) is 24.3 Å². The lowest BCUT2D eigenvalue weighted by atomic mass is 9.97. The highest BCUT2D eigenvalue weighted by molar-refractivity contribution is 7.85. The van der Waals surface area contributed by atoms with Gasteiger partial charge in [-0.3, -0.25) is 9.35 Å². The van der Waals surface area contributed by atoms with Crippen molar-refractivity contribution >= 4 is 16.1 Å². The van der Waals surface area contributed by atoms with Crippen LogP contribution in [-0.2, 0) is 14.9 Å². The predicted molar refractivity (Wildman–Crippen MR) is 56.9 cm³/mol. The van der Waals surface area contributed by atoms with Crippen LogP contribution in [-0.4, -0.2) is 24.0 Å². The Morgan fingerprint density at radius 3 is 2.50 bits per heavy atom. The lowest BCUT2D eigenvalue weighted by Crippen LogP contribution is -2.11. The second kappa shape index (κ2) is 4.63. The van der Waals surface area contributed by atoms with E-state index in [4.69, 9.17) is 9.66 Å². The summed E-state index contributed by atoms with van der Waals surface area (Å²) in [5.74, 6) is -1.78. The van der Waals surface area contributed by atoms with E-state index in [1.54, 1.807) is 6.92 Å². The van der Waals surface area contributed by atoms with Gasteiger partial charge in [-0.25, -0.2) is 0 Å². The number of carboxylic acids is 1. The molecule has 0 aliphatic carbocycles. The molecular formula is C10H12O5S. The second-order valence-electron chi connectivity index (χ2n) is 3.35. The third-order valence-electron chi connectivity index (χ3n) is 2.26. The molecule has 0 heterocycles. The maximum absolute atomic E-state index is 10.9. The smallest absolute Gasteiger partial charge is 0.310 e. The van der Waals surface area contributed by atoms with Crippen LogP contribution >= 0.6 is 0 Å². The monoisotopic (exact) mass is 244 g/mol. The molecule has 0 aliphatic rings. The highest BCUT2D eigenvalue weighted by Gasteiger charge is 2.19. The zero-order valence-corrected chi connectivity index (χ0v) is 9.44. The summed E-state index contributed by atoms with van der Waals surface area (Å²) in [5, 5.41) is 8.91. The highest BCUT2D eigenvalue weighted by atomic mass is 32.2. The maximum Gasteiger partial charge on any atom is 0.310 e. The maximum atomic E-state index is 10.9. The standard InChI is InChI=1S/C10H12O5S/c1-2-9(10(11)12)7-4-3-5-8(6-7)16(13,14)15/h3-6,9H,2H2,1H3,(H,11,12)(H,13,14,15). The van der Waals surface area contributed by atoms with E-state index in [-0.39, 0.29) is 4.90 Å². The summed E-state index contributed by atoms with van der Waals surface area (Å²) in [4.78, 5) is 10.6. The van der Waals surface area contributed by atoms with Crippen LogP contribution in [0.3, 0.4) is 0 Å². The van der Waals surface area contributed by atoms with Crippen LogP contribution in [0, 0.1) is 0 Å². The van der Waals surface area contributed by atoms with E-state index in [0.717, 1.165) is 0 Å². The minimum atomic E-state index is -4.29. The molecule has 0 radical (unpaired) electrons. The second-order valence-corrected chi connectivity index (χ2v) is 4.77. The fourth-order valence-electron chi connectivity index (χ4n) is 1.44. The van der Waals surface area contributed by atoms with Crippen molar-refractivity contribution in [2.75, 3.05) is 0 Å². The van der Waals surface area contributed by atoms with Crippen molar-refractivity contribution < 1.29 is 22.9 Å². The quantitative estimate of drug-likeness (QED) is 0.783. The summed E-state index contributed by atoms with van der Waals surface area (Å²) in [7, 11) is -4.29. The summed E-state index contributed by atoms with van der Waals surface area (Å²) in [6, 6.07) is 5.33. The Morgan fingerprint density at radius 2 is 2.06 bits per heavy atom. The molecule has 0 saturated carbocycles. The Kier molecular flexibility index (Phi) is 3.66. The van der Waals surface area contributed by atoms with Gasteiger partial charge in [-0.05, 0) is 24.1 Å². The third-order valence-corrected chi connectivity index (χ3v) is 3.11. The largest absolute Gasteiger partial charge is 0.481 e. The van der Waals surface area contributed by atoms with Gasteiger partial charge < -0.3 is 5.11 Å². The van der Waals surface area contributed by atoms with Gasteiger partial charge in [0.2, 0.25) is 0 Å². The average Bonchev–Trinajstić information content (AvgIpc) is 2.17. The Morgan fingerprint density at radius 1 is 1.44 bits per heavy atom. The zero-order valence-electron chi connectivity index (χ0n) is 8.62. The molecule has 1 aromatic rings. The first-order valence-corrected chi connectivity index (χ1v) is 6.10. The Hall–Kier alpha value is -1.40. The van der Waals surface area contributed by atoms with E-state index in [0.29, 0.717) is 12.0 Å². The molecule has 6 heteroatoms. The van der Waals surface area contributed by atoms with Crippen molar-refractivity contribution in [2.45, 2.75) is 24.2 Å². The molecule has 1 aromatic carbocycles. The van der Waals surface area contributed by atoms with Gasteiger partial charge in [-0.1, -0.05) is 19.1 Å². The fourth-order valence-corrected chi connectivity index (χ4v) is 1.98. The molecule has 0 spiro atoms. The topological polar surface area (TPSA) is 91.7 Å². The van der Waals surface area contributed by atoms with Crippen LogP contribution in [0.1, 0.15) is 24.8 Å². The van der Waals surface area contributed by atoms with Gasteiger partial charge in [0.05, 0.1) is 10.8 Å². The van der Waals surface area contributed by atoms with Gasteiger partial charge in [0, 0.05) is 0 Å². The average molecular weight is 244 g/mol. The third kappa shape index (κ3) is 2.80. The van der Waals surface area contributed by atoms with Gasteiger partial charge in [0.1, 0.15) is 0 Å². The van der Waals surface area contributed by atoms with E-state index in [2.05, 4.69) is 0 Å². The van der Waals surface area contributed by atoms with Gasteiger partial charge in [0.25, 0.3) is 10.1 Å². The summed E-state index contributed by atoms with van der Waals surface area (Å²) in [6.45, 7) is 1.69. The van der Waals surface area contributed by atoms with Crippen molar-refractivity contribution in [3.8, 4) is 0 Å². The zero-order chi connectivity index (χ0) is 12.3. The molecule has 1 unspecified atom stereocenters. The molecular weight excluding hydrogens is 232 g/mol. The highest BCUT2D eigenvalue weighted by Crippen LogP contribution is 2.22. The van der Waals surface area contributed by atoms with Crippen LogP contribution in [0.4, 0.5) is 0 Å². The van der Waals surface area contributed by atoms with Crippen molar-refractivity contribution in [1.82, 2.24) is 0 Å². The van der Waals surface area contributed by atoms with Crippen LogP contribution < -0.4 is 0 Å². The minimum Gasteiger partial charge on any atom is -0.481 e. The molecule has 0 aliphatic heterocycles. The molecule has 0 amide bonds. The van der Waals surface area contributed by atoms with Crippen LogP contribution in [0.15, 0.2) is 29.2 Å². The summed E-state index contributed by atoms with van der Waals surface area (Å²) >= 11 is 0. The van der Waals surface area contributed by atoms with Crippen LogP contribution in [0.25, 0.3) is 0 Å². The first-order valence-electron chi connectivity index (χ1n) is 4.66. The summed E-state index contributed by atoms with van der Waals surface area (Å²) in [5.41, 5.74) is 0.366. The predicted octanol–water partition coefficient (Wildman–Crippen LogP) is 1.51. The minimum absolute atomic E-state index is 0.287. The molecule has 0 bridgehead atoms. The lowest BCUT2D eigenvalue weighted by Gasteiger charge is -2.10. The number of aliphatic carboxylic acids is 1. The number of carboxylic acid groups (broad SMARTS) is 1. The van der Waals surface area contributed by atoms with Crippen molar-refractivity contribution in [3.63, 3.8) is 0 Å². The summed E-state index contributed by atoms with van der Waals surface area (Å²) < 4.78 is 30.6. The van der Waals surface area contributed by atoms with Crippen LogP contribution in [0.2, 0.25) is 0 Å². The molecule has 1 atom stereocenters. The Bertz CT molecular complexity index is 492. The molecule has 16 heavy (non-hydrogen) atoms. The number of carbonyl (C=O) groups is 1. The summed E-state index contributed by atoms with van der Waals surface area (Å²) in [6.07, 6.45) is 0.351. The van der Waals surface area contributed by atoms with E-state index >= 15 is 0 Å². The molecule has 0 fully saturated rings. The van der Waals surface area contributed by atoms with E-state index < -0.39 is 22.0 Å². The fraction of sp³-hybridized carbons (Fsp3) is 0.300. The SMILES string of the molecule is CCC(C(=O)O)c1cccc(S(=O)(=O)O)c1. The Balaban J connectivity index is 3.22. The van der Waals surface area contributed by atoms with Gasteiger partial charge in [-0.15, -0.1) is 0 Å². The van der Waals surface area contributed by atoms with Crippen molar-refractivity contribution in [1.29, 1.82) is 0 Å². The normalized spacial score (nSPS) is 13.4. The number of hydrogen-bond donors (Lipinski definition) is 2. The van der Waals surface area contributed by atoms with Crippen LogP contribution in [0.5, 0.6) is 0 Å². The number of hydrogen-bond acceptors (Lipinski definition) is 3. The molecule has 0 aromatic heterocycles.